The third-order valence-corrected chi connectivity index (χ3v) is 10.3. The topological polar surface area (TPSA) is 328 Å². The van der Waals surface area contributed by atoms with Crippen LogP contribution in [0.2, 0.25) is 0 Å². The number of fused-ring (bicyclic) bond motifs is 2. The zero-order valence-corrected chi connectivity index (χ0v) is 28.4. The van der Waals surface area contributed by atoms with Crippen LogP contribution in [0, 0.1) is 0 Å². The van der Waals surface area contributed by atoms with Crippen molar-refractivity contribution in [1.82, 2.24) is 0 Å². The van der Waals surface area contributed by atoms with Crippen LogP contribution in [0.5, 0.6) is 5.75 Å². The van der Waals surface area contributed by atoms with E-state index in [0.717, 1.165) is 55.5 Å². The fraction of sp³-hybridized carbons (Fsp3) is 0.0357. The van der Waals surface area contributed by atoms with E-state index in [2.05, 4.69) is 25.8 Å². The van der Waals surface area contributed by atoms with Crippen molar-refractivity contribution in [3.63, 3.8) is 0 Å². The minimum atomic E-state index is -5.62. The number of amides is 1. The number of hydrogen-bond acceptors (Lipinski definition) is 18. The van der Waals surface area contributed by atoms with Gasteiger partial charge in [-0.05, 0) is 66.7 Å². The van der Waals surface area contributed by atoms with E-state index in [4.69, 9.17) is 0 Å². The molecule has 0 aliphatic carbocycles. The molecule has 0 bridgehead atoms. The molecule has 5 aromatic carbocycles. The Hall–Kier alpha value is -5.27. The Balaban J connectivity index is 1.74. The Labute approximate surface area is 288 Å². The zero-order chi connectivity index (χ0) is 37.7. The number of carbonyl (C=O) groups is 1. The number of nitrogens with one attached hydrogen (secondary N) is 1. The van der Waals surface area contributed by atoms with Gasteiger partial charge in [0.15, 0.2) is 5.75 Å². The van der Waals surface area contributed by atoms with Gasteiger partial charge >= 0.3 is 0 Å². The van der Waals surface area contributed by atoms with Crippen LogP contribution in [0.4, 0.5) is 28.4 Å². The van der Waals surface area contributed by atoms with E-state index in [0.29, 0.717) is 6.07 Å². The van der Waals surface area contributed by atoms with E-state index < -0.39 is 88.2 Å². The zero-order valence-electron chi connectivity index (χ0n) is 25.1. The summed E-state index contributed by atoms with van der Waals surface area (Å²) in [5.41, 5.74) is -1.59. The number of carbonyl (C=O) groups excluding carboxylic acids is 1. The Morgan fingerprint density at radius 2 is 1.14 bits per heavy atom. The summed E-state index contributed by atoms with van der Waals surface area (Å²) in [5, 5.41) is 27.5. The number of hydrogen-bond donors (Lipinski definition) is 2. The van der Waals surface area contributed by atoms with Crippen molar-refractivity contribution in [3.05, 3.63) is 72.8 Å². The number of benzene rings is 5. The standard InChI is InChI=1S/C28H21N5O14S4/c1-14(34)29-23-10-11-24(50(42,43)44)20-13-25(51(45,46)47)27(28(35)26(20)23)33-32-22-9-8-21(18-7-6-17(12-19(18)22)49(39,40)41)31-30-15-2-4-16(5-3-15)48(36,37)38/h2-13,35H,1H3,(H,29,34)(H,36,37,38)(H,39,40,41)(H,42,43,44)(H,45,46,47)/p-4. The number of rotatable bonds is 9. The van der Waals surface area contributed by atoms with Crippen molar-refractivity contribution in [3.8, 4) is 5.75 Å². The number of phenolic OH excluding ortho intramolecular Hbond substituents is 1. The molecule has 0 aliphatic heterocycles. The summed E-state index contributed by atoms with van der Waals surface area (Å²) in [6, 6.07) is 11.8. The highest BCUT2D eigenvalue weighted by Crippen LogP contribution is 2.46. The molecule has 23 heteroatoms. The molecule has 0 heterocycles. The molecule has 0 aliphatic rings. The Bertz CT molecular complexity index is 2810. The molecule has 0 saturated carbocycles. The Morgan fingerprint density at radius 3 is 1.69 bits per heavy atom. The van der Waals surface area contributed by atoms with Crippen LogP contribution >= 0.6 is 0 Å². The first-order chi connectivity index (χ1) is 23.6. The van der Waals surface area contributed by atoms with Crippen LogP contribution in [0.25, 0.3) is 21.5 Å². The van der Waals surface area contributed by atoms with Crippen LogP contribution in [-0.4, -0.2) is 62.9 Å². The van der Waals surface area contributed by atoms with Gasteiger partial charge in [0.25, 0.3) is 0 Å². The van der Waals surface area contributed by atoms with Gasteiger partial charge in [0.1, 0.15) is 46.2 Å². The average molecular weight is 776 g/mol. The molecular formula is C28H17N5O14S4-4. The van der Waals surface area contributed by atoms with Crippen molar-refractivity contribution in [2.24, 2.45) is 20.5 Å². The second-order valence-corrected chi connectivity index (χ2v) is 15.8. The minimum Gasteiger partial charge on any atom is -0.744 e. The maximum Gasteiger partial charge on any atom is 0.221 e. The van der Waals surface area contributed by atoms with Gasteiger partial charge in [0, 0.05) is 23.1 Å². The molecular weight excluding hydrogens is 759 g/mol. The van der Waals surface area contributed by atoms with Gasteiger partial charge in [0.05, 0.1) is 47.7 Å². The Morgan fingerprint density at radius 1 is 0.588 bits per heavy atom. The third kappa shape index (κ3) is 7.89. The molecule has 51 heavy (non-hydrogen) atoms. The first kappa shape index (κ1) is 37.0. The molecule has 0 saturated heterocycles. The lowest BCUT2D eigenvalue weighted by molar-refractivity contribution is -0.114. The molecule has 0 unspecified atom stereocenters. The summed E-state index contributed by atoms with van der Waals surface area (Å²) in [6.07, 6.45) is 0. The van der Waals surface area contributed by atoms with Crippen LogP contribution in [0.3, 0.4) is 0 Å². The number of phenols is 1. The Kier molecular flexibility index (Phi) is 9.52. The van der Waals surface area contributed by atoms with Gasteiger partial charge in [-0.2, -0.15) is 5.11 Å². The number of aromatic hydroxyl groups is 1. The highest BCUT2D eigenvalue weighted by atomic mass is 32.2. The van der Waals surface area contributed by atoms with E-state index in [1.54, 1.807) is 0 Å². The second kappa shape index (κ2) is 13.1. The normalized spacial score (nSPS) is 13.0. The van der Waals surface area contributed by atoms with E-state index in [1.807, 2.05) is 0 Å². The first-order valence-electron chi connectivity index (χ1n) is 13.5. The van der Waals surface area contributed by atoms with E-state index in [-0.39, 0.29) is 33.5 Å². The van der Waals surface area contributed by atoms with Gasteiger partial charge in [-0.25, -0.2) is 33.7 Å². The lowest BCUT2D eigenvalue weighted by Crippen LogP contribution is -2.08. The SMILES string of the molecule is CC(=O)Nc1ccc(S(=O)(=O)[O-])c2cc(S(=O)(=O)[O-])c(N=Nc3ccc(N=Nc4ccc(S(=O)(=O)[O-])cc4)c4ccc(S(=O)(=O)[O-])cc34)c(O)c12. The highest BCUT2D eigenvalue weighted by Gasteiger charge is 2.23. The first-order valence-corrected chi connectivity index (χ1v) is 19.1. The van der Waals surface area contributed by atoms with Crippen molar-refractivity contribution in [2.75, 3.05) is 5.32 Å². The van der Waals surface area contributed by atoms with Crippen LogP contribution in [0.1, 0.15) is 6.92 Å². The van der Waals surface area contributed by atoms with Crippen molar-refractivity contribution >= 4 is 96.4 Å². The maximum atomic E-state index is 12.3. The van der Waals surface area contributed by atoms with Gasteiger partial charge in [-0.3, -0.25) is 4.79 Å². The van der Waals surface area contributed by atoms with Crippen molar-refractivity contribution in [1.29, 1.82) is 0 Å². The summed E-state index contributed by atoms with van der Waals surface area (Å²) in [6.45, 7) is 1.04. The number of anilines is 1. The van der Waals surface area contributed by atoms with Crippen LogP contribution in [-0.2, 0) is 45.3 Å². The second-order valence-electron chi connectivity index (χ2n) is 10.3. The van der Waals surface area contributed by atoms with E-state index in [1.165, 1.54) is 18.2 Å². The van der Waals surface area contributed by atoms with Gasteiger partial charge in [-0.15, -0.1) is 15.3 Å². The van der Waals surface area contributed by atoms with E-state index >= 15 is 0 Å². The molecule has 1 amide bonds. The van der Waals surface area contributed by atoms with Crippen molar-refractivity contribution < 1.29 is 61.8 Å². The van der Waals surface area contributed by atoms with Gasteiger partial charge in [0.2, 0.25) is 5.91 Å². The van der Waals surface area contributed by atoms with Crippen LogP contribution < -0.4 is 5.32 Å². The maximum absolute atomic E-state index is 12.3. The number of azo groups is 2. The summed E-state index contributed by atoms with van der Waals surface area (Å²) >= 11 is 0. The summed E-state index contributed by atoms with van der Waals surface area (Å²) in [5.74, 6) is -1.94. The fourth-order valence-electron chi connectivity index (χ4n) is 4.75. The minimum absolute atomic E-state index is 0.0157. The molecule has 5 rings (SSSR count). The van der Waals surface area contributed by atoms with Gasteiger partial charge < -0.3 is 28.6 Å². The third-order valence-electron chi connectivity index (χ3n) is 6.91. The highest BCUT2D eigenvalue weighted by molar-refractivity contribution is 7.86. The predicted molar refractivity (Wildman–Crippen MR) is 171 cm³/mol. The van der Waals surface area contributed by atoms with E-state index in [9.17, 15) is 61.8 Å². The average Bonchev–Trinajstić information content (AvgIpc) is 3.01. The fourth-order valence-corrected chi connectivity index (χ4v) is 7.02. The molecule has 0 spiro atoms. The van der Waals surface area contributed by atoms with Crippen LogP contribution in [0.15, 0.2) is 113 Å². The molecule has 5 aromatic rings. The lowest BCUT2D eigenvalue weighted by atomic mass is 10.1. The molecule has 266 valence electrons. The monoisotopic (exact) mass is 775 g/mol. The smallest absolute Gasteiger partial charge is 0.221 e. The predicted octanol–water partition coefficient (Wildman–Crippen LogP) is 4.10. The lowest BCUT2D eigenvalue weighted by Gasteiger charge is -2.19. The molecule has 0 aromatic heterocycles. The molecule has 2 N–H and O–H groups in total. The quantitative estimate of drug-likeness (QED) is 0.157. The van der Waals surface area contributed by atoms with Crippen molar-refractivity contribution in [2.45, 2.75) is 26.5 Å². The molecule has 19 nitrogen and oxygen atoms in total. The molecule has 0 radical (unpaired) electrons. The molecule has 0 fully saturated rings. The largest absolute Gasteiger partial charge is 0.744 e. The van der Waals surface area contributed by atoms with Gasteiger partial charge in [-0.1, -0.05) is 6.07 Å². The molecule has 0 atom stereocenters. The summed E-state index contributed by atoms with van der Waals surface area (Å²) < 4.78 is 142. The summed E-state index contributed by atoms with van der Waals surface area (Å²) in [7, 11) is -20.8. The number of nitrogens with zero attached hydrogens (tertiary/aromatic N) is 4. The summed E-state index contributed by atoms with van der Waals surface area (Å²) in [4.78, 5) is 8.16.